The number of nitrogens with zero attached hydrogens (tertiary/aromatic N) is 4. The molecule has 8 nitrogen and oxygen atoms in total. The van der Waals surface area contributed by atoms with Gasteiger partial charge in [0.1, 0.15) is 0 Å². The number of nitro benzene ring substituents is 1. The van der Waals surface area contributed by atoms with E-state index >= 15 is 0 Å². The number of carbonyl (C=O) groups excluding carboxylic acids is 1. The van der Waals surface area contributed by atoms with Gasteiger partial charge in [0.05, 0.1) is 15.8 Å². The molecule has 2 aromatic carbocycles. The van der Waals surface area contributed by atoms with Gasteiger partial charge in [-0.1, -0.05) is 23.5 Å². The largest absolute Gasteiger partial charge is 0.286 e. The Kier molecular flexibility index (Phi) is 3.36. The topological polar surface area (TPSA) is 107 Å². The van der Waals surface area contributed by atoms with Gasteiger partial charge in [0.2, 0.25) is 10.7 Å². The van der Waals surface area contributed by atoms with Crippen LogP contribution in [0.5, 0.6) is 0 Å². The van der Waals surface area contributed by atoms with Crippen LogP contribution in [0.3, 0.4) is 0 Å². The summed E-state index contributed by atoms with van der Waals surface area (Å²) in [5, 5.41) is 15.5. The van der Waals surface area contributed by atoms with E-state index in [-0.39, 0.29) is 27.6 Å². The zero-order chi connectivity index (χ0) is 17.6. The van der Waals surface area contributed by atoms with Crippen molar-refractivity contribution < 1.29 is 9.72 Å². The number of benzene rings is 2. The third kappa shape index (κ3) is 2.46. The highest BCUT2D eigenvalue weighted by Crippen LogP contribution is 2.21. The maximum Gasteiger partial charge on any atom is 0.281 e. The molecular weight excluding hydrogens is 344 g/mol. The van der Waals surface area contributed by atoms with E-state index in [4.69, 9.17) is 0 Å². The molecule has 25 heavy (non-hydrogen) atoms. The minimum atomic E-state index is -0.534. The zero-order valence-electron chi connectivity index (χ0n) is 12.4. The molecule has 4 rings (SSSR count). The lowest BCUT2D eigenvalue weighted by atomic mass is 10.1. The minimum absolute atomic E-state index is 0.0983. The van der Waals surface area contributed by atoms with Crippen molar-refractivity contribution in [3.8, 4) is 0 Å². The SMILES string of the molecule is O=C(c1ccc([N+](=O)[O-])cc1)c1nn2c(nc(=O)c3ccccc32)s1. The maximum absolute atomic E-state index is 12.6. The van der Waals surface area contributed by atoms with Crippen molar-refractivity contribution in [2.24, 2.45) is 0 Å². The smallest absolute Gasteiger partial charge is 0.281 e. The molecule has 2 heterocycles. The molecule has 0 spiro atoms. The highest BCUT2D eigenvalue weighted by atomic mass is 32.1. The Labute approximate surface area is 143 Å². The average Bonchev–Trinajstić information content (AvgIpc) is 3.05. The van der Waals surface area contributed by atoms with E-state index < -0.39 is 4.92 Å². The summed E-state index contributed by atoms with van der Waals surface area (Å²) in [5.74, 6) is -0.387. The first-order chi connectivity index (χ1) is 12.0. The van der Waals surface area contributed by atoms with Crippen LogP contribution in [0.15, 0.2) is 53.3 Å². The summed E-state index contributed by atoms with van der Waals surface area (Å²) in [6.45, 7) is 0. The summed E-state index contributed by atoms with van der Waals surface area (Å²) in [6, 6.07) is 12.1. The minimum Gasteiger partial charge on any atom is -0.286 e. The van der Waals surface area contributed by atoms with E-state index in [1.54, 1.807) is 24.3 Å². The number of ketones is 1. The highest BCUT2D eigenvalue weighted by molar-refractivity contribution is 7.18. The Bertz CT molecular complexity index is 1210. The van der Waals surface area contributed by atoms with Crippen LogP contribution in [-0.4, -0.2) is 25.3 Å². The second-order valence-electron chi connectivity index (χ2n) is 5.17. The van der Waals surface area contributed by atoms with Crippen LogP contribution in [0, 0.1) is 10.1 Å². The lowest BCUT2D eigenvalue weighted by Gasteiger charge is -1.98. The van der Waals surface area contributed by atoms with E-state index in [1.165, 1.54) is 28.8 Å². The third-order valence-electron chi connectivity index (χ3n) is 3.65. The predicted octanol–water partition coefficient (Wildman–Crippen LogP) is 2.44. The lowest BCUT2D eigenvalue weighted by Crippen LogP contribution is -2.09. The Morgan fingerprint density at radius 3 is 2.56 bits per heavy atom. The predicted molar refractivity (Wildman–Crippen MR) is 91.2 cm³/mol. The van der Waals surface area contributed by atoms with Crippen LogP contribution >= 0.6 is 11.3 Å². The first-order valence-corrected chi connectivity index (χ1v) is 7.94. The van der Waals surface area contributed by atoms with Crippen molar-refractivity contribution in [2.45, 2.75) is 0 Å². The Balaban J connectivity index is 1.84. The first kappa shape index (κ1) is 15.1. The number of aromatic nitrogens is 3. The number of hydrogen-bond donors (Lipinski definition) is 0. The van der Waals surface area contributed by atoms with Crippen LogP contribution in [0.4, 0.5) is 5.69 Å². The van der Waals surface area contributed by atoms with Gasteiger partial charge in [0, 0.05) is 17.7 Å². The Hall–Kier alpha value is -3.46. The number of para-hydroxylation sites is 1. The fourth-order valence-corrected chi connectivity index (χ4v) is 3.31. The molecule has 0 bridgehead atoms. The molecule has 2 aromatic heterocycles. The molecule has 0 fully saturated rings. The van der Waals surface area contributed by atoms with Crippen LogP contribution in [0.1, 0.15) is 15.4 Å². The number of carbonyl (C=O) groups is 1. The van der Waals surface area contributed by atoms with Gasteiger partial charge in [-0.2, -0.15) is 10.1 Å². The zero-order valence-corrected chi connectivity index (χ0v) is 13.3. The summed E-state index contributed by atoms with van der Waals surface area (Å²) in [7, 11) is 0. The standard InChI is InChI=1S/C16H8N4O4S/c21-13(9-5-7-10(8-6-9)20(23)24)15-18-19-12-4-2-1-3-11(12)14(22)17-16(19)25-15/h1-8H. The van der Waals surface area contributed by atoms with Crippen molar-refractivity contribution in [2.75, 3.05) is 0 Å². The summed E-state index contributed by atoms with van der Waals surface area (Å²) >= 11 is 0.997. The molecule has 0 atom stereocenters. The van der Waals surface area contributed by atoms with Crippen molar-refractivity contribution in [1.82, 2.24) is 14.6 Å². The number of rotatable bonds is 3. The van der Waals surface area contributed by atoms with Crippen LogP contribution in [0.25, 0.3) is 15.9 Å². The molecule has 0 saturated carbocycles. The van der Waals surface area contributed by atoms with Crippen LogP contribution < -0.4 is 5.56 Å². The van der Waals surface area contributed by atoms with Crippen molar-refractivity contribution >= 4 is 38.7 Å². The van der Waals surface area contributed by atoms with Gasteiger partial charge in [0.15, 0.2) is 5.01 Å². The second kappa shape index (κ2) is 5.56. The fraction of sp³-hybridized carbons (Fsp3) is 0. The number of hydrogen-bond acceptors (Lipinski definition) is 7. The van der Waals surface area contributed by atoms with E-state index in [0.29, 0.717) is 15.9 Å². The Morgan fingerprint density at radius 1 is 1.12 bits per heavy atom. The molecule has 0 amide bonds. The molecule has 0 saturated heterocycles. The summed E-state index contributed by atoms with van der Waals surface area (Å²) in [6.07, 6.45) is 0. The van der Waals surface area contributed by atoms with Crippen molar-refractivity contribution in [3.63, 3.8) is 0 Å². The molecule has 0 aliphatic heterocycles. The van der Waals surface area contributed by atoms with E-state index in [0.717, 1.165) is 11.3 Å². The molecule has 9 heteroatoms. The monoisotopic (exact) mass is 352 g/mol. The highest BCUT2D eigenvalue weighted by Gasteiger charge is 2.18. The van der Waals surface area contributed by atoms with Gasteiger partial charge < -0.3 is 0 Å². The summed E-state index contributed by atoms with van der Waals surface area (Å²) < 4.78 is 1.46. The molecule has 4 aromatic rings. The number of non-ortho nitro benzene ring substituents is 1. The fourth-order valence-electron chi connectivity index (χ4n) is 2.45. The van der Waals surface area contributed by atoms with Crippen molar-refractivity contribution in [1.29, 1.82) is 0 Å². The molecular formula is C16H8N4O4S. The molecule has 0 N–H and O–H groups in total. The van der Waals surface area contributed by atoms with Crippen LogP contribution in [0.2, 0.25) is 0 Å². The van der Waals surface area contributed by atoms with Gasteiger partial charge in [-0.3, -0.25) is 19.7 Å². The third-order valence-corrected chi connectivity index (χ3v) is 4.56. The molecule has 0 radical (unpaired) electrons. The maximum atomic E-state index is 12.6. The van der Waals surface area contributed by atoms with Gasteiger partial charge in [-0.15, -0.1) is 0 Å². The molecule has 122 valence electrons. The molecule has 0 unspecified atom stereocenters. The van der Waals surface area contributed by atoms with E-state index in [2.05, 4.69) is 10.1 Å². The lowest BCUT2D eigenvalue weighted by molar-refractivity contribution is -0.384. The number of fused-ring (bicyclic) bond motifs is 3. The van der Waals surface area contributed by atoms with Gasteiger partial charge in [0.25, 0.3) is 11.2 Å². The molecule has 0 aliphatic rings. The van der Waals surface area contributed by atoms with Gasteiger partial charge in [-0.05, 0) is 24.3 Å². The Morgan fingerprint density at radius 2 is 1.84 bits per heavy atom. The quantitative estimate of drug-likeness (QED) is 0.318. The van der Waals surface area contributed by atoms with E-state index in [9.17, 15) is 19.7 Å². The molecule has 0 aliphatic carbocycles. The summed E-state index contributed by atoms with van der Waals surface area (Å²) in [4.78, 5) is 39.1. The van der Waals surface area contributed by atoms with Crippen molar-refractivity contribution in [3.05, 3.63) is 79.6 Å². The average molecular weight is 352 g/mol. The van der Waals surface area contributed by atoms with E-state index in [1.807, 2.05) is 0 Å². The first-order valence-electron chi connectivity index (χ1n) is 7.12. The van der Waals surface area contributed by atoms with Gasteiger partial charge >= 0.3 is 0 Å². The van der Waals surface area contributed by atoms with Crippen LogP contribution in [-0.2, 0) is 0 Å². The number of nitro groups is 1. The second-order valence-corrected chi connectivity index (χ2v) is 6.12. The summed E-state index contributed by atoms with van der Waals surface area (Å²) in [5.41, 5.74) is 0.362. The van der Waals surface area contributed by atoms with Gasteiger partial charge in [-0.25, -0.2) is 4.52 Å². The normalized spacial score (nSPS) is 11.0.